The van der Waals surface area contributed by atoms with Gasteiger partial charge in [-0.2, -0.15) is 18.3 Å². The van der Waals surface area contributed by atoms with E-state index in [-0.39, 0.29) is 29.9 Å². The minimum atomic E-state index is -4.49. The van der Waals surface area contributed by atoms with Gasteiger partial charge in [0.15, 0.2) is 6.61 Å². The smallest absolute Gasteiger partial charge is 0.386 e. The highest BCUT2D eigenvalue weighted by Crippen LogP contribution is 2.28. The molecule has 3 aromatic rings. The van der Waals surface area contributed by atoms with Crippen molar-refractivity contribution in [1.29, 1.82) is 0 Å². The number of amides is 1. The molecular formula is C22H22F3N7O3. The van der Waals surface area contributed by atoms with Crippen LogP contribution in [0.15, 0.2) is 46.7 Å². The molecule has 1 aromatic carbocycles. The summed E-state index contributed by atoms with van der Waals surface area (Å²) < 4.78 is 38.0. The molecule has 0 radical (unpaired) electrons. The Hall–Kier alpha value is -4.03. The normalized spacial score (nSPS) is 15.5. The van der Waals surface area contributed by atoms with Gasteiger partial charge in [0.05, 0.1) is 23.4 Å². The lowest BCUT2D eigenvalue weighted by Crippen LogP contribution is -2.50. The molecule has 0 aliphatic carbocycles. The van der Waals surface area contributed by atoms with Crippen molar-refractivity contribution in [2.45, 2.75) is 19.0 Å². The van der Waals surface area contributed by atoms with Gasteiger partial charge in [0.1, 0.15) is 0 Å². The van der Waals surface area contributed by atoms with Crippen molar-refractivity contribution in [1.82, 2.24) is 25.1 Å². The lowest BCUT2D eigenvalue weighted by atomic mass is 9.97. The molecule has 13 heteroatoms. The van der Waals surface area contributed by atoms with E-state index in [0.29, 0.717) is 37.0 Å². The van der Waals surface area contributed by atoms with Gasteiger partial charge in [-0.15, -0.1) is 0 Å². The van der Waals surface area contributed by atoms with E-state index in [9.17, 15) is 22.8 Å². The molecule has 35 heavy (non-hydrogen) atoms. The van der Waals surface area contributed by atoms with Gasteiger partial charge in [-0.3, -0.25) is 9.59 Å². The number of hydrogen-bond donors (Lipinski definition) is 1. The van der Waals surface area contributed by atoms with Gasteiger partial charge < -0.3 is 14.6 Å². The summed E-state index contributed by atoms with van der Waals surface area (Å²) in [4.78, 5) is 40.4. The number of hydrogen-bond acceptors (Lipinski definition) is 8. The van der Waals surface area contributed by atoms with Gasteiger partial charge in [0.25, 0.3) is 11.5 Å². The molecule has 0 spiro atoms. The fourth-order valence-corrected chi connectivity index (χ4v) is 3.72. The van der Waals surface area contributed by atoms with Crippen molar-refractivity contribution in [3.05, 3.63) is 58.3 Å². The number of rotatable bonds is 6. The SMILES string of the molecule is CC(/C=N/OCC(=O)N1CCN(c2ncc(C(F)(F)F)cn2)CC1)c1cccc2c(=O)[nH]ncc12. The van der Waals surface area contributed by atoms with Crippen LogP contribution in [0.2, 0.25) is 0 Å². The third-order valence-electron chi connectivity index (χ3n) is 5.66. The molecule has 4 rings (SSSR count). The largest absolute Gasteiger partial charge is 0.419 e. The van der Waals surface area contributed by atoms with Crippen molar-refractivity contribution in [2.24, 2.45) is 5.16 Å². The van der Waals surface area contributed by atoms with Crippen LogP contribution in [0, 0.1) is 0 Å². The lowest BCUT2D eigenvalue weighted by Gasteiger charge is -2.34. The van der Waals surface area contributed by atoms with Crippen LogP contribution < -0.4 is 10.5 Å². The zero-order chi connectivity index (χ0) is 25.0. The van der Waals surface area contributed by atoms with Gasteiger partial charge in [0, 0.05) is 49.9 Å². The number of fused-ring (bicyclic) bond motifs is 1. The molecule has 2 aromatic heterocycles. The fourth-order valence-electron chi connectivity index (χ4n) is 3.72. The molecule has 1 unspecified atom stereocenters. The van der Waals surface area contributed by atoms with E-state index < -0.39 is 11.7 Å². The number of carbonyl (C=O) groups excluding carboxylic acids is 1. The monoisotopic (exact) mass is 489 g/mol. The second kappa shape index (κ2) is 10.1. The Labute approximate surface area is 197 Å². The predicted octanol–water partition coefficient (Wildman–Crippen LogP) is 2.19. The van der Waals surface area contributed by atoms with E-state index in [1.165, 1.54) is 0 Å². The van der Waals surface area contributed by atoms with Crippen LogP contribution in [0.1, 0.15) is 24.0 Å². The van der Waals surface area contributed by atoms with Gasteiger partial charge in [-0.25, -0.2) is 15.1 Å². The molecule has 1 aliphatic rings. The first-order valence-corrected chi connectivity index (χ1v) is 10.8. The number of carbonyl (C=O) groups is 1. The maximum Gasteiger partial charge on any atom is 0.419 e. The van der Waals surface area contributed by atoms with Crippen LogP contribution >= 0.6 is 0 Å². The molecule has 1 fully saturated rings. The van der Waals surface area contributed by atoms with Crippen LogP contribution in [-0.4, -0.2) is 70.0 Å². The first-order valence-electron chi connectivity index (χ1n) is 10.8. The molecule has 1 amide bonds. The van der Waals surface area contributed by atoms with E-state index in [2.05, 4.69) is 25.3 Å². The van der Waals surface area contributed by atoms with Crippen molar-refractivity contribution in [2.75, 3.05) is 37.7 Å². The average molecular weight is 489 g/mol. The number of nitrogens with one attached hydrogen (secondary N) is 1. The van der Waals surface area contributed by atoms with Crippen molar-refractivity contribution < 1.29 is 22.8 Å². The quantitative estimate of drug-likeness (QED) is 0.417. The van der Waals surface area contributed by atoms with Crippen molar-refractivity contribution >= 4 is 28.8 Å². The molecule has 0 saturated carbocycles. The number of oxime groups is 1. The minimum Gasteiger partial charge on any atom is -0.386 e. The Kier molecular flexibility index (Phi) is 6.94. The summed E-state index contributed by atoms with van der Waals surface area (Å²) in [7, 11) is 0. The number of halogens is 3. The summed E-state index contributed by atoms with van der Waals surface area (Å²) in [5.41, 5.74) is -0.338. The molecular weight excluding hydrogens is 467 g/mol. The molecule has 1 aliphatic heterocycles. The number of aromatic amines is 1. The fraction of sp³-hybridized carbons (Fsp3) is 0.364. The number of anilines is 1. The predicted molar refractivity (Wildman–Crippen MR) is 121 cm³/mol. The standard InChI is InChI=1S/C22H22F3N7O3/c1-14(16-3-2-4-17-18(16)12-28-30-20(17)34)9-29-35-13-19(33)31-5-7-32(8-6-31)21-26-10-15(11-27-21)22(23,24)25/h2-4,9-12,14H,5-8,13H2,1H3,(H,30,34)/b29-9+. The second-order valence-corrected chi connectivity index (χ2v) is 7.96. The Balaban J connectivity index is 1.26. The van der Waals surface area contributed by atoms with E-state index in [1.54, 1.807) is 34.3 Å². The van der Waals surface area contributed by atoms with E-state index in [4.69, 9.17) is 4.84 Å². The number of piperazine rings is 1. The van der Waals surface area contributed by atoms with Crippen LogP contribution in [0.3, 0.4) is 0 Å². The van der Waals surface area contributed by atoms with Gasteiger partial charge in [-0.05, 0) is 11.6 Å². The molecule has 1 N–H and O–H groups in total. The molecule has 184 valence electrons. The zero-order valence-corrected chi connectivity index (χ0v) is 18.7. The van der Waals surface area contributed by atoms with Gasteiger partial charge in [-0.1, -0.05) is 24.2 Å². The van der Waals surface area contributed by atoms with Crippen LogP contribution in [0.25, 0.3) is 10.8 Å². The van der Waals surface area contributed by atoms with Gasteiger partial charge in [0.2, 0.25) is 5.95 Å². The number of aromatic nitrogens is 4. The average Bonchev–Trinajstić information content (AvgIpc) is 2.86. The van der Waals surface area contributed by atoms with Crippen molar-refractivity contribution in [3.8, 4) is 0 Å². The highest BCUT2D eigenvalue weighted by molar-refractivity contribution is 5.87. The Bertz CT molecular complexity index is 1270. The van der Waals surface area contributed by atoms with Crippen molar-refractivity contribution in [3.63, 3.8) is 0 Å². The summed E-state index contributed by atoms with van der Waals surface area (Å²) in [6.07, 6.45) is 0.132. The second-order valence-electron chi connectivity index (χ2n) is 7.96. The third kappa shape index (κ3) is 5.55. The molecule has 3 heterocycles. The highest BCUT2D eigenvalue weighted by atomic mass is 19.4. The Morgan fingerprint density at radius 1 is 1.17 bits per heavy atom. The Morgan fingerprint density at radius 3 is 2.57 bits per heavy atom. The molecule has 1 atom stereocenters. The highest BCUT2D eigenvalue weighted by Gasteiger charge is 2.32. The van der Waals surface area contributed by atoms with Crippen LogP contribution in [-0.2, 0) is 15.8 Å². The number of benzene rings is 1. The van der Waals surface area contributed by atoms with E-state index in [1.807, 2.05) is 13.0 Å². The van der Waals surface area contributed by atoms with Gasteiger partial charge >= 0.3 is 6.18 Å². The zero-order valence-electron chi connectivity index (χ0n) is 18.7. The number of nitrogens with zero attached hydrogens (tertiary/aromatic N) is 6. The topological polar surface area (TPSA) is 117 Å². The first-order chi connectivity index (χ1) is 16.7. The lowest BCUT2D eigenvalue weighted by molar-refractivity contribution is -0.138. The summed E-state index contributed by atoms with van der Waals surface area (Å²) in [5, 5.41) is 11.4. The number of H-pyrrole nitrogens is 1. The number of alkyl halides is 3. The summed E-state index contributed by atoms with van der Waals surface area (Å²) in [5.74, 6) is -0.265. The summed E-state index contributed by atoms with van der Waals surface area (Å²) >= 11 is 0. The molecule has 10 nitrogen and oxygen atoms in total. The maximum atomic E-state index is 12.7. The maximum absolute atomic E-state index is 12.7. The van der Waals surface area contributed by atoms with Crippen LogP contribution in [0.5, 0.6) is 0 Å². The Morgan fingerprint density at radius 2 is 1.89 bits per heavy atom. The van der Waals surface area contributed by atoms with E-state index >= 15 is 0 Å². The van der Waals surface area contributed by atoms with E-state index in [0.717, 1.165) is 18.0 Å². The molecule has 1 saturated heterocycles. The van der Waals surface area contributed by atoms with Crippen LogP contribution in [0.4, 0.5) is 19.1 Å². The summed E-state index contributed by atoms with van der Waals surface area (Å²) in [6, 6.07) is 5.35. The third-order valence-corrected chi connectivity index (χ3v) is 5.66. The minimum absolute atomic E-state index is 0.186. The first kappa shape index (κ1) is 24.1. The molecule has 0 bridgehead atoms. The summed E-state index contributed by atoms with van der Waals surface area (Å²) in [6.45, 7) is 3.09.